The minimum atomic E-state index is 0.0714. The normalized spacial score (nSPS) is 16.3. The largest absolute Gasteiger partial charge is 0.497 e. The number of carbonyl (C=O) groups is 2. The average molecular weight is 378 g/mol. The molecule has 1 aliphatic carbocycles. The summed E-state index contributed by atoms with van der Waals surface area (Å²) in [6.45, 7) is 2.07. The van der Waals surface area contributed by atoms with Gasteiger partial charge in [-0.3, -0.25) is 9.59 Å². The van der Waals surface area contributed by atoms with E-state index in [1.165, 1.54) is 0 Å². The van der Waals surface area contributed by atoms with Gasteiger partial charge in [-0.25, -0.2) is 0 Å². The molecule has 0 atom stereocenters. The second-order valence-corrected chi connectivity index (χ2v) is 7.63. The van der Waals surface area contributed by atoms with Crippen LogP contribution in [0.5, 0.6) is 5.75 Å². The maximum atomic E-state index is 13.1. The molecule has 2 amide bonds. The number of nitrogens with zero attached hydrogens (tertiary/aromatic N) is 2. The fraction of sp³-hybridized carbons (Fsp3) is 0.391. The van der Waals surface area contributed by atoms with Crippen LogP contribution in [0.1, 0.15) is 47.2 Å². The first-order chi connectivity index (χ1) is 13.6. The van der Waals surface area contributed by atoms with Crippen molar-refractivity contribution in [3.8, 4) is 5.75 Å². The van der Waals surface area contributed by atoms with Gasteiger partial charge in [0.15, 0.2) is 0 Å². The molecule has 5 heteroatoms. The molecule has 0 N–H and O–H groups in total. The smallest absolute Gasteiger partial charge is 0.254 e. The van der Waals surface area contributed by atoms with E-state index >= 15 is 0 Å². The minimum absolute atomic E-state index is 0.0714. The van der Waals surface area contributed by atoms with Crippen molar-refractivity contribution in [3.05, 3.63) is 65.2 Å². The van der Waals surface area contributed by atoms with Crippen LogP contribution in [0.4, 0.5) is 0 Å². The van der Waals surface area contributed by atoms with E-state index in [1.807, 2.05) is 58.3 Å². The Hall–Kier alpha value is -2.82. The summed E-state index contributed by atoms with van der Waals surface area (Å²) < 4.78 is 5.21. The van der Waals surface area contributed by atoms with Crippen molar-refractivity contribution in [1.29, 1.82) is 0 Å². The molecular weight excluding hydrogens is 352 g/mol. The molecule has 1 saturated carbocycles. The third kappa shape index (κ3) is 4.19. The lowest BCUT2D eigenvalue weighted by Crippen LogP contribution is -2.32. The highest BCUT2D eigenvalue weighted by Crippen LogP contribution is 2.30. The summed E-state index contributed by atoms with van der Waals surface area (Å²) in [5.41, 5.74) is 2.88. The van der Waals surface area contributed by atoms with Gasteiger partial charge >= 0.3 is 0 Å². The molecular formula is C23H26N2O3. The van der Waals surface area contributed by atoms with Crippen molar-refractivity contribution in [2.45, 2.75) is 44.8 Å². The molecule has 2 aromatic rings. The molecule has 1 aliphatic heterocycles. The number of methoxy groups -OCH3 is 1. The van der Waals surface area contributed by atoms with Crippen molar-refractivity contribution in [2.75, 3.05) is 13.7 Å². The summed E-state index contributed by atoms with van der Waals surface area (Å²) in [7, 11) is 1.65. The molecule has 4 rings (SSSR count). The number of rotatable bonds is 7. The molecule has 1 heterocycles. The highest BCUT2D eigenvalue weighted by molar-refractivity contribution is 5.94. The second kappa shape index (κ2) is 8.05. The van der Waals surface area contributed by atoms with Crippen LogP contribution in [0.25, 0.3) is 0 Å². The van der Waals surface area contributed by atoms with E-state index in [0.717, 1.165) is 42.7 Å². The summed E-state index contributed by atoms with van der Waals surface area (Å²) in [6.07, 6.45) is 3.73. The predicted octanol–water partition coefficient (Wildman–Crippen LogP) is 3.62. The zero-order chi connectivity index (χ0) is 19.5. The average Bonchev–Trinajstić information content (AvgIpc) is 3.49. The van der Waals surface area contributed by atoms with E-state index < -0.39 is 0 Å². The quantitative estimate of drug-likeness (QED) is 0.739. The summed E-state index contributed by atoms with van der Waals surface area (Å²) in [6, 6.07) is 15.9. The van der Waals surface area contributed by atoms with E-state index in [-0.39, 0.29) is 11.8 Å². The zero-order valence-corrected chi connectivity index (χ0v) is 16.3. The Labute approximate surface area is 165 Å². The van der Waals surface area contributed by atoms with Gasteiger partial charge in [-0.1, -0.05) is 24.3 Å². The van der Waals surface area contributed by atoms with Crippen molar-refractivity contribution >= 4 is 11.8 Å². The molecule has 0 aromatic heterocycles. The predicted molar refractivity (Wildman–Crippen MR) is 107 cm³/mol. The Morgan fingerprint density at radius 1 is 1.07 bits per heavy atom. The van der Waals surface area contributed by atoms with Crippen molar-refractivity contribution in [3.63, 3.8) is 0 Å². The molecule has 2 aromatic carbocycles. The Balaban J connectivity index is 1.44. The van der Waals surface area contributed by atoms with Crippen LogP contribution < -0.4 is 4.74 Å². The summed E-state index contributed by atoms with van der Waals surface area (Å²) in [4.78, 5) is 28.8. The van der Waals surface area contributed by atoms with Gasteiger partial charge in [-0.2, -0.15) is 0 Å². The molecule has 2 fully saturated rings. The maximum absolute atomic E-state index is 13.1. The highest BCUT2D eigenvalue weighted by Gasteiger charge is 2.33. The number of carbonyl (C=O) groups excluding carboxylic acids is 2. The SMILES string of the molecule is COc1ccc(CN(C(=O)c2ccc(CN3CCCC3=O)cc2)C2CC2)cc1. The highest BCUT2D eigenvalue weighted by atomic mass is 16.5. The van der Waals surface area contributed by atoms with E-state index in [0.29, 0.717) is 31.1 Å². The van der Waals surface area contributed by atoms with Gasteiger partial charge in [-0.15, -0.1) is 0 Å². The van der Waals surface area contributed by atoms with Crippen LogP contribution in [0, 0.1) is 0 Å². The number of likely N-dealkylation sites (tertiary alicyclic amines) is 1. The lowest BCUT2D eigenvalue weighted by Gasteiger charge is -2.23. The molecule has 0 bridgehead atoms. The lowest BCUT2D eigenvalue weighted by atomic mass is 10.1. The molecule has 146 valence electrons. The first-order valence-corrected chi connectivity index (χ1v) is 9.94. The Kier molecular flexibility index (Phi) is 5.33. The number of hydrogen-bond acceptors (Lipinski definition) is 3. The topological polar surface area (TPSA) is 49.9 Å². The first-order valence-electron chi connectivity index (χ1n) is 9.94. The van der Waals surface area contributed by atoms with Crippen LogP contribution in [0.3, 0.4) is 0 Å². The number of ether oxygens (including phenoxy) is 1. The monoisotopic (exact) mass is 378 g/mol. The van der Waals surface area contributed by atoms with Crippen LogP contribution >= 0.6 is 0 Å². The van der Waals surface area contributed by atoms with E-state index in [4.69, 9.17) is 4.74 Å². The molecule has 0 unspecified atom stereocenters. The summed E-state index contributed by atoms with van der Waals surface area (Å²) in [5.74, 6) is 1.11. The molecule has 0 radical (unpaired) electrons. The van der Waals surface area contributed by atoms with Gasteiger partial charge in [-0.05, 0) is 54.7 Å². The summed E-state index contributed by atoms with van der Waals surface area (Å²) >= 11 is 0. The number of hydrogen-bond donors (Lipinski definition) is 0. The van der Waals surface area contributed by atoms with E-state index in [1.54, 1.807) is 7.11 Å². The maximum Gasteiger partial charge on any atom is 0.254 e. The molecule has 28 heavy (non-hydrogen) atoms. The Morgan fingerprint density at radius 2 is 1.75 bits per heavy atom. The zero-order valence-electron chi connectivity index (χ0n) is 16.3. The van der Waals surface area contributed by atoms with E-state index in [2.05, 4.69) is 0 Å². The van der Waals surface area contributed by atoms with Gasteiger partial charge in [0.05, 0.1) is 7.11 Å². The van der Waals surface area contributed by atoms with Gasteiger partial charge in [0.25, 0.3) is 5.91 Å². The van der Waals surface area contributed by atoms with Crippen LogP contribution in [0.2, 0.25) is 0 Å². The van der Waals surface area contributed by atoms with Crippen LogP contribution in [-0.2, 0) is 17.9 Å². The molecule has 2 aliphatic rings. The number of amides is 2. The Bertz CT molecular complexity index is 841. The van der Waals surface area contributed by atoms with Gasteiger partial charge in [0.2, 0.25) is 5.91 Å². The van der Waals surface area contributed by atoms with Crippen LogP contribution in [0.15, 0.2) is 48.5 Å². The fourth-order valence-electron chi connectivity index (χ4n) is 3.69. The van der Waals surface area contributed by atoms with Crippen molar-refractivity contribution in [1.82, 2.24) is 9.80 Å². The Morgan fingerprint density at radius 3 is 2.32 bits per heavy atom. The third-order valence-corrected chi connectivity index (χ3v) is 5.51. The molecule has 0 spiro atoms. The molecule has 5 nitrogen and oxygen atoms in total. The minimum Gasteiger partial charge on any atom is -0.497 e. The first kappa shape index (κ1) is 18.5. The van der Waals surface area contributed by atoms with E-state index in [9.17, 15) is 9.59 Å². The van der Waals surface area contributed by atoms with Gasteiger partial charge in [0.1, 0.15) is 5.75 Å². The van der Waals surface area contributed by atoms with Crippen molar-refractivity contribution < 1.29 is 14.3 Å². The summed E-state index contributed by atoms with van der Waals surface area (Å²) in [5, 5.41) is 0. The van der Waals surface area contributed by atoms with Crippen LogP contribution in [-0.4, -0.2) is 41.3 Å². The fourth-order valence-corrected chi connectivity index (χ4v) is 3.69. The standard InChI is InChI=1S/C23H26N2O3/c1-28-21-12-6-18(7-13-21)16-25(20-10-11-20)23(27)19-8-4-17(5-9-19)15-24-14-2-3-22(24)26/h4-9,12-13,20H,2-3,10-11,14-16H2,1H3. The lowest BCUT2D eigenvalue weighted by molar-refractivity contribution is -0.128. The third-order valence-electron chi connectivity index (χ3n) is 5.51. The van der Waals surface area contributed by atoms with Gasteiger partial charge in [0, 0.05) is 37.7 Å². The second-order valence-electron chi connectivity index (χ2n) is 7.63. The number of benzene rings is 2. The van der Waals surface area contributed by atoms with Gasteiger partial charge < -0.3 is 14.5 Å². The molecule has 1 saturated heterocycles. The van der Waals surface area contributed by atoms with Crippen molar-refractivity contribution in [2.24, 2.45) is 0 Å².